The molecule has 0 spiro atoms. The van der Waals surface area contributed by atoms with Crippen LogP contribution in [0.3, 0.4) is 0 Å². The first-order valence-corrected chi connectivity index (χ1v) is 4.20. The van der Waals surface area contributed by atoms with Gasteiger partial charge in [-0.15, -0.1) is 0 Å². The SMILES string of the molecule is Cc1ccc(C(=O)C2(C#N)CC2)o1. The highest BCUT2D eigenvalue weighted by Crippen LogP contribution is 2.47. The van der Waals surface area contributed by atoms with Crippen molar-refractivity contribution in [3.05, 3.63) is 23.7 Å². The van der Waals surface area contributed by atoms with E-state index in [4.69, 9.17) is 9.68 Å². The van der Waals surface area contributed by atoms with Gasteiger partial charge in [0.1, 0.15) is 11.2 Å². The molecule has 1 aliphatic rings. The van der Waals surface area contributed by atoms with E-state index in [1.807, 2.05) is 0 Å². The number of hydrogen-bond donors (Lipinski definition) is 0. The molecule has 1 saturated carbocycles. The maximum atomic E-state index is 11.7. The van der Waals surface area contributed by atoms with E-state index < -0.39 is 5.41 Å². The predicted octanol–water partition coefficient (Wildman–Crippen LogP) is 2.07. The molecule has 0 radical (unpaired) electrons. The van der Waals surface area contributed by atoms with E-state index in [9.17, 15) is 4.79 Å². The summed E-state index contributed by atoms with van der Waals surface area (Å²) in [5.41, 5.74) is -0.760. The van der Waals surface area contributed by atoms with Crippen LogP contribution >= 0.6 is 0 Å². The maximum absolute atomic E-state index is 11.7. The van der Waals surface area contributed by atoms with E-state index in [1.165, 1.54) is 0 Å². The van der Waals surface area contributed by atoms with Crippen LogP contribution in [0, 0.1) is 23.7 Å². The summed E-state index contributed by atoms with van der Waals surface area (Å²) in [5.74, 6) is 0.858. The smallest absolute Gasteiger partial charge is 0.218 e. The van der Waals surface area contributed by atoms with Gasteiger partial charge in [-0.1, -0.05) is 0 Å². The molecule has 0 unspecified atom stereocenters. The summed E-state index contributed by atoms with van der Waals surface area (Å²) >= 11 is 0. The third-order valence-electron chi connectivity index (χ3n) is 2.36. The average molecular weight is 175 g/mol. The zero-order chi connectivity index (χ0) is 9.47. The number of carbonyl (C=O) groups excluding carboxylic acids is 1. The van der Waals surface area contributed by atoms with E-state index in [2.05, 4.69) is 6.07 Å². The Kier molecular flexibility index (Phi) is 1.53. The van der Waals surface area contributed by atoms with Gasteiger partial charge in [0.15, 0.2) is 5.76 Å². The molecular formula is C10H9NO2. The normalized spacial score (nSPS) is 17.8. The minimum absolute atomic E-state index is 0.164. The molecule has 2 rings (SSSR count). The topological polar surface area (TPSA) is 54.0 Å². The molecule has 13 heavy (non-hydrogen) atoms. The number of rotatable bonds is 2. The van der Waals surface area contributed by atoms with Crippen LogP contribution in [0.4, 0.5) is 0 Å². The maximum Gasteiger partial charge on any atom is 0.218 e. The van der Waals surface area contributed by atoms with Crippen LogP contribution in [0.15, 0.2) is 16.5 Å². The highest BCUT2D eigenvalue weighted by atomic mass is 16.3. The van der Waals surface area contributed by atoms with Crippen LogP contribution in [0.5, 0.6) is 0 Å². The molecule has 1 aromatic heterocycles. The second-order valence-electron chi connectivity index (χ2n) is 3.43. The van der Waals surface area contributed by atoms with Crippen molar-refractivity contribution >= 4 is 5.78 Å². The Bertz CT molecular complexity index is 393. The van der Waals surface area contributed by atoms with Gasteiger partial charge in [0.2, 0.25) is 5.78 Å². The fraction of sp³-hybridized carbons (Fsp3) is 0.400. The molecule has 0 atom stereocenters. The van der Waals surface area contributed by atoms with Crippen molar-refractivity contribution in [1.82, 2.24) is 0 Å². The van der Waals surface area contributed by atoms with Crippen LogP contribution in [0.25, 0.3) is 0 Å². The van der Waals surface area contributed by atoms with E-state index in [0.717, 1.165) is 0 Å². The van der Waals surface area contributed by atoms with Crippen LogP contribution in [0.2, 0.25) is 0 Å². The molecular weight excluding hydrogens is 166 g/mol. The molecule has 0 aromatic carbocycles. The highest BCUT2D eigenvalue weighted by molar-refractivity contribution is 6.02. The lowest BCUT2D eigenvalue weighted by Crippen LogP contribution is -2.12. The first-order valence-electron chi connectivity index (χ1n) is 4.20. The van der Waals surface area contributed by atoms with Crippen LogP contribution in [-0.2, 0) is 0 Å². The first-order chi connectivity index (χ1) is 6.18. The Hall–Kier alpha value is -1.56. The molecule has 1 heterocycles. The lowest BCUT2D eigenvalue weighted by molar-refractivity contribution is 0.0905. The highest BCUT2D eigenvalue weighted by Gasteiger charge is 2.51. The summed E-state index contributed by atoms with van der Waals surface area (Å²) in [4.78, 5) is 11.7. The van der Waals surface area contributed by atoms with Gasteiger partial charge in [0.05, 0.1) is 6.07 Å². The zero-order valence-corrected chi connectivity index (χ0v) is 7.33. The van der Waals surface area contributed by atoms with Crippen molar-refractivity contribution in [3.63, 3.8) is 0 Å². The summed E-state index contributed by atoms with van der Waals surface area (Å²) < 4.78 is 5.17. The fourth-order valence-electron chi connectivity index (χ4n) is 1.31. The van der Waals surface area contributed by atoms with Crippen molar-refractivity contribution in [2.75, 3.05) is 0 Å². The standard InChI is InChI=1S/C10H9NO2/c1-7-2-3-8(13-7)9(12)10(6-11)4-5-10/h2-3H,4-5H2,1H3. The van der Waals surface area contributed by atoms with Crippen LogP contribution < -0.4 is 0 Å². The molecule has 0 aliphatic heterocycles. The minimum atomic E-state index is -0.760. The number of Topliss-reactive ketones (excluding diaryl/α,β-unsaturated/α-hetero) is 1. The lowest BCUT2D eigenvalue weighted by Gasteiger charge is -1.99. The summed E-state index contributed by atoms with van der Waals surface area (Å²) in [5, 5.41) is 8.78. The largest absolute Gasteiger partial charge is 0.458 e. The minimum Gasteiger partial charge on any atom is -0.458 e. The van der Waals surface area contributed by atoms with Gasteiger partial charge in [0, 0.05) is 0 Å². The van der Waals surface area contributed by atoms with E-state index in [0.29, 0.717) is 24.4 Å². The third kappa shape index (κ3) is 1.15. The van der Waals surface area contributed by atoms with Gasteiger partial charge < -0.3 is 4.42 Å². The van der Waals surface area contributed by atoms with Crippen molar-refractivity contribution in [3.8, 4) is 6.07 Å². The molecule has 66 valence electrons. The monoisotopic (exact) mass is 175 g/mol. The van der Waals surface area contributed by atoms with Gasteiger partial charge in [-0.25, -0.2) is 0 Å². The van der Waals surface area contributed by atoms with E-state index >= 15 is 0 Å². The van der Waals surface area contributed by atoms with Crippen molar-refractivity contribution in [2.45, 2.75) is 19.8 Å². The summed E-state index contributed by atoms with van der Waals surface area (Å²) in [6, 6.07) is 5.42. The Morgan fingerprint density at radius 2 is 2.31 bits per heavy atom. The molecule has 1 aliphatic carbocycles. The molecule has 0 N–H and O–H groups in total. The fourth-order valence-corrected chi connectivity index (χ4v) is 1.31. The Morgan fingerprint density at radius 1 is 1.62 bits per heavy atom. The molecule has 1 aromatic rings. The van der Waals surface area contributed by atoms with Gasteiger partial charge in [0.25, 0.3) is 0 Å². The van der Waals surface area contributed by atoms with Crippen molar-refractivity contribution in [2.24, 2.45) is 5.41 Å². The number of furan rings is 1. The van der Waals surface area contributed by atoms with Crippen molar-refractivity contribution in [1.29, 1.82) is 5.26 Å². The molecule has 1 fully saturated rings. The molecule has 0 bridgehead atoms. The number of aryl methyl sites for hydroxylation is 1. The molecule has 3 nitrogen and oxygen atoms in total. The van der Waals surface area contributed by atoms with Gasteiger partial charge >= 0.3 is 0 Å². The third-order valence-corrected chi connectivity index (χ3v) is 2.36. The Labute approximate surface area is 76.0 Å². The lowest BCUT2D eigenvalue weighted by atomic mass is 10.0. The number of ketones is 1. The molecule has 0 saturated heterocycles. The summed E-state index contributed by atoms with van der Waals surface area (Å²) in [6.07, 6.45) is 1.34. The number of carbonyl (C=O) groups is 1. The van der Waals surface area contributed by atoms with E-state index in [1.54, 1.807) is 19.1 Å². The Morgan fingerprint density at radius 3 is 2.69 bits per heavy atom. The number of hydrogen-bond acceptors (Lipinski definition) is 3. The van der Waals surface area contributed by atoms with Gasteiger partial charge in [-0.05, 0) is 31.9 Å². The van der Waals surface area contributed by atoms with Crippen LogP contribution in [-0.4, -0.2) is 5.78 Å². The second kappa shape index (κ2) is 2.46. The van der Waals surface area contributed by atoms with E-state index in [-0.39, 0.29) is 5.78 Å². The predicted molar refractivity (Wildman–Crippen MR) is 45.1 cm³/mol. The number of nitrogens with zero attached hydrogens (tertiary/aromatic N) is 1. The second-order valence-corrected chi connectivity index (χ2v) is 3.43. The quantitative estimate of drug-likeness (QED) is 0.646. The Balaban J connectivity index is 2.29. The average Bonchev–Trinajstić information content (AvgIpc) is 2.82. The van der Waals surface area contributed by atoms with Crippen LogP contribution in [0.1, 0.15) is 29.2 Å². The summed E-state index contributed by atoms with van der Waals surface area (Å²) in [6.45, 7) is 1.78. The summed E-state index contributed by atoms with van der Waals surface area (Å²) in [7, 11) is 0. The van der Waals surface area contributed by atoms with Crippen molar-refractivity contribution < 1.29 is 9.21 Å². The van der Waals surface area contributed by atoms with Gasteiger partial charge in [-0.3, -0.25) is 4.79 Å². The van der Waals surface area contributed by atoms with Gasteiger partial charge in [-0.2, -0.15) is 5.26 Å². The first kappa shape index (κ1) is 8.06. The molecule has 0 amide bonds. The molecule has 3 heteroatoms. The zero-order valence-electron chi connectivity index (χ0n) is 7.33. The number of nitriles is 1.